The van der Waals surface area contributed by atoms with E-state index in [1.807, 2.05) is 52.0 Å². The van der Waals surface area contributed by atoms with Gasteiger partial charge in [-0.05, 0) is 81.0 Å². The molecule has 0 unspecified atom stereocenters. The molecule has 0 fully saturated rings. The van der Waals surface area contributed by atoms with Crippen molar-refractivity contribution in [3.8, 4) is 22.9 Å². The number of carbonyl (C=O) groups excluding carboxylic acids is 1. The predicted octanol–water partition coefficient (Wildman–Crippen LogP) is 6.58. The smallest absolute Gasteiger partial charge is 0.264 e. The maximum atomic E-state index is 14.4. The molecule has 5 rings (SSSR count). The van der Waals surface area contributed by atoms with Crippen LogP contribution in [0.5, 0.6) is 11.6 Å². The summed E-state index contributed by atoms with van der Waals surface area (Å²) in [7, 11) is -4.17. The normalized spacial score (nSPS) is 16.5. The molecule has 1 aliphatic heterocycles. The van der Waals surface area contributed by atoms with Gasteiger partial charge in [0.25, 0.3) is 15.9 Å². The second kappa shape index (κ2) is 13.1. The summed E-state index contributed by atoms with van der Waals surface area (Å²) in [6, 6.07) is 16.8. The quantitative estimate of drug-likeness (QED) is 0.250. The molecule has 0 saturated carbocycles. The third kappa shape index (κ3) is 7.64. The zero-order valence-electron chi connectivity index (χ0n) is 27.4. The number of ether oxygens (including phenoxy) is 2. The van der Waals surface area contributed by atoms with Crippen LogP contribution in [-0.2, 0) is 16.6 Å². The molecule has 4 aromatic rings. The van der Waals surface area contributed by atoms with E-state index in [2.05, 4.69) is 40.4 Å². The van der Waals surface area contributed by atoms with Gasteiger partial charge in [-0.15, -0.1) is 0 Å². The van der Waals surface area contributed by atoms with E-state index in [0.29, 0.717) is 23.6 Å². The molecule has 3 heterocycles. The minimum Gasteiger partial charge on any atom is -0.489 e. The van der Waals surface area contributed by atoms with Crippen molar-refractivity contribution in [2.75, 3.05) is 11.3 Å². The Morgan fingerprint density at radius 2 is 1.74 bits per heavy atom. The number of fused-ring (bicyclic) bond motifs is 4. The standard InChI is InChI=1S/C35H41N5O5S/c1-22(2)45-30-15-10-16-36-29(30)20-40-26(19-35(5,6)7)21-44-31-18-28(32-23(3)11-8-12-24(32)4)37-34(38-31)39-46(42,43)27-14-9-13-25(17-27)33(40)41/h8-18,22,26H,19-21H2,1-7H3,(H,37,38,39)/t26-/m1/s1. The number of nitrogens with zero attached hydrogens (tertiary/aromatic N) is 4. The lowest BCUT2D eigenvalue weighted by molar-refractivity contribution is 0.0505. The number of amides is 1. The average molecular weight is 644 g/mol. The molecular formula is C35H41N5O5S. The average Bonchev–Trinajstić information content (AvgIpc) is 2.97. The van der Waals surface area contributed by atoms with Gasteiger partial charge in [0.2, 0.25) is 11.8 Å². The van der Waals surface area contributed by atoms with Gasteiger partial charge in [-0.3, -0.25) is 9.78 Å². The monoisotopic (exact) mass is 643 g/mol. The third-order valence-corrected chi connectivity index (χ3v) is 8.89. The Morgan fingerprint density at radius 3 is 2.43 bits per heavy atom. The molecule has 0 saturated heterocycles. The Balaban J connectivity index is 1.68. The number of sulfonamides is 1. The Morgan fingerprint density at radius 1 is 1.02 bits per heavy atom. The number of aryl methyl sites for hydroxylation is 2. The van der Waals surface area contributed by atoms with Crippen LogP contribution in [0.25, 0.3) is 11.3 Å². The van der Waals surface area contributed by atoms with Gasteiger partial charge >= 0.3 is 0 Å². The number of hydrogen-bond acceptors (Lipinski definition) is 8. The van der Waals surface area contributed by atoms with Crippen LogP contribution < -0.4 is 14.2 Å². The van der Waals surface area contributed by atoms with E-state index in [1.54, 1.807) is 35.4 Å². The Hall–Kier alpha value is -4.51. The van der Waals surface area contributed by atoms with E-state index in [9.17, 15) is 13.2 Å². The number of rotatable bonds is 6. The van der Waals surface area contributed by atoms with Crippen molar-refractivity contribution in [3.05, 3.63) is 89.2 Å². The number of anilines is 1. The highest BCUT2D eigenvalue weighted by Gasteiger charge is 2.32. The van der Waals surface area contributed by atoms with Gasteiger partial charge in [-0.25, -0.2) is 18.1 Å². The lowest BCUT2D eigenvalue weighted by Gasteiger charge is -2.36. The van der Waals surface area contributed by atoms with Crippen molar-refractivity contribution in [3.63, 3.8) is 0 Å². The van der Waals surface area contributed by atoms with Crippen molar-refractivity contribution in [1.82, 2.24) is 19.9 Å². The highest BCUT2D eigenvalue weighted by molar-refractivity contribution is 7.92. The van der Waals surface area contributed by atoms with Gasteiger partial charge in [0.05, 0.1) is 29.3 Å². The number of nitrogens with one attached hydrogen (secondary N) is 1. The van der Waals surface area contributed by atoms with Crippen LogP contribution in [0, 0.1) is 19.3 Å². The molecule has 2 aromatic heterocycles. The predicted molar refractivity (Wildman–Crippen MR) is 177 cm³/mol. The minimum absolute atomic E-state index is 0.0878. The fourth-order valence-electron chi connectivity index (χ4n) is 5.61. The molecule has 0 radical (unpaired) electrons. The number of hydrogen-bond donors (Lipinski definition) is 1. The van der Waals surface area contributed by atoms with Crippen LogP contribution in [0.3, 0.4) is 0 Å². The van der Waals surface area contributed by atoms with E-state index < -0.39 is 16.1 Å². The van der Waals surface area contributed by atoms with Gasteiger partial charge in [-0.1, -0.05) is 45.0 Å². The maximum Gasteiger partial charge on any atom is 0.264 e. The molecule has 242 valence electrons. The van der Waals surface area contributed by atoms with Crippen LogP contribution in [0.15, 0.2) is 71.8 Å². The highest BCUT2D eigenvalue weighted by atomic mass is 32.2. The van der Waals surface area contributed by atoms with Crippen LogP contribution in [0.4, 0.5) is 5.95 Å². The van der Waals surface area contributed by atoms with Crippen LogP contribution in [0.2, 0.25) is 0 Å². The van der Waals surface area contributed by atoms with E-state index in [-0.39, 0.29) is 52.9 Å². The summed E-state index contributed by atoms with van der Waals surface area (Å²) < 4.78 is 42.2. The lowest BCUT2D eigenvalue weighted by atomic mass is 9.87. The molecule has 11 heteroatoms. The zero-order valence-corrected chi connectivity index (χ0v) is 28.2. The first-order valence-electron chi connectivity index (χ1n) is 15.3. The fourth-order valence-corrected chi connectivity index (χ4v) is 6.60. The molecule has 1 atom stereocenters. The van der Waals surface area contributed by atoms with Gasteiger partial charge < -0.3 is 14.4 Å². The molecule has 2 aromatic carbocycles. The topological polar surface area (TPSA) is 124 Å². The van der Waals surface area contributed by atoms with Gasteiger partial charge in [-0.2, -0.15) is 4.98 Å². The van der Waals surface area contributed by atoms with Crippen molar-refractivity contribution in [1.29, 1.82) is 0 Å². The molecule has 0 aliphatic carbocycles. The van der Waals surface area contributed by atoms with Gasteiger partial charge in [0.15, 0.2) is 0 Å². The first-order valence-corrected chi connectivity index (χ1v) is 16.8. The molecule has 1 aliphatic rings. The van der Waals surface area contributed by atoms with Crippen LogP contribution in [0.1, 0.15) is 68.2 Å². The molecule has 0 spiro atoms. The molecule has 10 nitrogen and oxygen atoms in total. The van der Waals surface area contributed by atoms with E-state index >= 15 is 0 Å². The van der Waals surface area contributed by atoms with Crippen LogP contribution >= 0.6 is 0 Å². The zero-order chi connectivity index (χ0) is 33.2. The molecule has 1 N–H and O–H groups in total. The Kier molecular flexibility index (Phi) is 9.34. The Bertz CT molecular complexity index is 1830. The summed E-state index contributed by atoms with van der Waals surface area (Å²) in [5, 5.41) is 0. The van der Waals surface area contributed by atoms with Crippen molar-refractivity contribution < 1.29 is 22.7 Å². The van der Waals surface area contributed by atoms with Crippen molar-refractivity contribution in [2.24, 2.45) is 5.41 Å². The van der Waals surface area contributed by atoms with E-state index in [4.69, 9.17) is 9.47 Å². The fraction of sp³-hybridized carbons (Fsp3) is 0.371. The maximum absolute atomic E-state index is 14.4. The van der Waals surface area contributed by atoms with Crippen molar-refractivity contribution >= 4 is 21.9 Å². The summed E-state index contributed by atoms with van der Waals surface area (Å²) in [4.78, 5) is 29.7. The van der Waals surface area contributed by atoms with Gasteiger partial charge in [0, 0.05) is 23.4 Å². The summed E-state index contributed by atoms with van der Waals surface area (Å²) in [5.74, 6) is 0.274. The number of pyridine rings is 1. The second-order valence-electron chi connectivity index (χ2n) is 13.1. The molecule has 4 bridgehead atoms. The lowest BCUT2D eigenvalue weighted by Crippen LogP contribution is -2.45. The summed E-state index contributed by atoms with van der Waals surface area (Å²) >= 11 is 0. The molecular weight excluding hydrogens is 602 g/mol. The van der Waals surface area contributed by atoms with E-state index in [1.165, 1.54) is 12.1 Å². The minimum atomic E-state index is -4.17. The molecule has 1 amide bonds. The highest BCUT2D eigenvalue weighted by Crippen LogP contribution is 2.32. The summed E-state index contributed by atoms with van der Waals surface area (Å²) in [5.41, 5.74) is 3.92. The van der Waals surface area contributed by atoms with E-state index in [0.717, 1.165) is 16.7 Å². The number of aromatic nitrogens is 3. The summed E-state index contributed by atoms with van der Waals surface area (Å²) in [6.45, 7) is 14.3. The Labute approximate surface area is 271 Å². The number of carbonyl (C=O) groups is 1. The largest absolute Gasteiger partial charge is 0.489 e. The SMILES string of the molecule is Cc1cccc(C)c1-c1cc2nc(n1)NS(=O)(=O)c1cccc(c1)C(=O)N(Cc1ncccc1OC(C)C)[C@H](CC(C)(C)C)CO2. The first-order chi connectivity index (χ1) is 21.7. The molecule has 46 heavy (non-hydrogen) atoms. The van der Waals surface area contributed by atoms with Gasteiger partial charge in [0.1, 0.15) is 18.1 Å². The second-order valence-corrected chi connectivity index (χ2v) is 14.8. The first kappa shape index (κ1) is 32.9. The summed E-state index contributed by atoms with van der Waals surface area (Å²) in [6.07, 6.45) is 2.14. The third-order valence-electron chi connectivity index (χ3n) is 7.56. The van der Waals surface area contributed by atoms with Crippen LogP contribution in [-0.4, -0.2) is 52.9 Å². The van der Waals surface area contributed by atoms with Crippen molar-refractivity contribution in [2.45, 2.75) is 78.5 Å². The number of benzene rings is 2.